The smallest absolute Gasteiger partial charge is 0.0439 e. The summed E-state index contributed by atoms with van der Waals surface area (Å²) in [4.78, 5) is 0. The highest BCUT2D eigenvalue weighted by Gasteiger charge is 2.16. The maximum Gasteiger partial charge on any atom is 0.0439 e. The molecule has 2 rings (SSSR count). The number of nitrogens with one attached hydrogen (secondary N) is 1. The number of hydrogen-bond acceptors (Lipinski definition) is 1. The summed E-state index contributed by atoms with van der Waals surface area (Å²) < 4.78 is 1.29. The molecule has 4 heteroatoms. The van der Waals surface area contributed by atoms with Crippen LogP contribution in [0.3, 0.4) is 0 Å². The molecule has 1 atom stereocenters. The summed E-state index contributed by atoms with van der Waals surface area (Å²) in [5.41, 5.74) is 3.65. The second-order valence-corrected chi connectivity index (χ2v) is 6.68. The topological polar surface area (TPSA) is 12.0 Å². The fourth-order valence-corrected chi connectivity index (χ4v) is 3.35. The van der Waals surface area contributed by atoms with E-state index in [0.717, 1.165) is 22.0 Å². The van der Waals surface area contributed by atoms with E-state index in [1.54, 1.807) is 0 Å². The van der Waals surface area contributed by atoms with Gasteiger partial charge in [-0.05, 0) is 77.9 Å². The van der Waals surface area contributed by atoms with Crippen molar-refractivity contribution in [3.63, 3.8) is 0 Å². The predicted molar refractivity (Wildman–Crippen MR) is 95.9 cm³/mol. The molecular weight excluding hydrogens is 404 g/mol. The number of hydrogen-bond donors (Lipinski definition) is 1. The van der Waals surface area contributed by atoms with E-state index in [2.05, 4.69) is 53.0 Å². The van der Waals surface area contributed by atoms with Crippen LogP contribution in [0, 0.1) is 10.5 Å². The highest BCUT2D eigenvalue weighted by Crippen LogP contribution is 2.29. The Bertz CT molecular complexity index is 613. The Hall–Kier alpha value is -0.290. The average molecular weight is 420 g/mol. The van der Waals surface area contributed by atoms with Crippen molar-refractivity contribution in [3.8, 4) is 0 Å². The van der Waals surface area contributed by atoms with Gasteiger partial charge in [-0.25, -0.2) is 0 Å². The van der Waals surface area contributed by atoms with Crippen molar-refractivity contribution in [3.05, 3.63) is 66.7 Å². The third-order valence-electron chi connectivity index (χ3n) is 3.38. The van der Waals surface area contributed by atoms with Crippen molar-refractivity contribution >= 4 is 45.8 Å². The SMILES string of the molecule is CNC(Cc1cc(Cl)ccc1Cl)c1cccc(C)c1I. The molecule has 0 aliphatic carbocycles. The second kappa shape index (κ2) is 7.12. The fraction of sp³-hybridized carbons (Fsp3) is 0.250. The zero-order valence-electron chi connectivity index (χ0n) is 11.4. The molecule has 20 heavy (non-hydrogen) atoms. The molecule has 0 spiro atoms. The Labute approximate surface area is 143 Å². The fourth-order valence-electron chi connectivity index (χ4n) is 2.23. The first-order valence-corrected chi connectivity index (χ1v) is 8.22. The van der Waals surface area contributed by atoms with Gasteiger partial charge in [-0.1, -0.05) is 41.4 Å². The summed E-state index contributed by atoms with van der Waals surface area (Å²) in [6.07, 6.45) is 0.815. The van der Waals surface area contributed by atoms with Crippen LogP contribution in [-0.4, -0.2) is 7.05 Å². The van der Waals surface area contributed by atoms with Crippen LogP contribution < -0.4 is 5.32 Å². The summed E-state index contributed by atoms with van der Waals surface area (Å²) in [6.45, 7) is 2.13. The number of rotatable bonds is 4. The molecule has 106 valence electrons. The minimum absolute atomic E-state index is 0.220. The Kier molecular flexibility index (Phi) is 5.73. The standard InChI is InChI=1S/C16H16Cl2IN/c1-10-4-3-5-13(16(10)19)15(20-2)9-11-8-12(17)6-7-14(11)18/h3-8,15,20H,9H2,1-2H3. The van der Waals surface area contributed by atoms with Crippen molar-refractivity contribution < 1.29 is 0 Å². The molecule has 2 aromatic carbocycles. The summed E-state index contributed by atoms with van der Waals surface area (Å²) in [5, 5.41) is 4.86. The first-order valence-electron chi connectivity index (χ1n) is 6.39. The van der Waals surface area contributed by atoms with Gasteiger partial charge in [0.15, 0.2) is 0 Å². The van der Waals surface area contributed by atoms with Crippen LogP contribution >= 0.6 is 45.8 Å². The van der Waals surface area contributed by atoms with Gasteiger partial charge in [-0.3, -0.25) is 0 Å². The van der Waals surface area contributed by atoms with E-state index in [-0.39, 0.29) is 6.04 Å². The predicted octanol–water partition coefficient (Wildman–Crippen LogP) is 5.41. The first-order chi connectivity index (χ1) is 9.52. The first kappa shape index (κ1) is 16.1. The van der Waals surface area contributed by atoms with Crippen molar-refractivity contribution in [2.24, 2.45) is 0 Å². The van der Waals surface area contributed by atoms with E-state index in [9.17, 15) is 0 Å². The average Bonchev–Trinajstić information content (AvgIpc) is 2.43. The molecule has 0 heterocycles. The molecule has 0 aromatic heterocycles. The molecule has 0 fully saturated rings. The molecule has 0 radical (unpaired) electrons. The molecule has 0 aliphatic rings. The second-order valence-electron chi connectivity index (χ2n) is 4.76. The molecule has 2 aromatic rings. The third kappa shape index (κ3) is 3.67. The molecule has 0 saturated carbocycles. The van der Waals surface area contributed by atoms with Gasteiger partial charge in [-0.15, -0.1) is 0 Å². The number of halogens is 3. The van der Waals surface area contributed by atoms with Crippen LogP contribution in [-0.2, 0) is 6.42 Å². The van der Waals surface area contributed by atoms with E-state index >= 15 is 0 Å². The lowest BCUT2D eigenvalue weighted by Gasteiger charge is -2.20. The van der Waals surface area contributed by atoms with Crippen LogP contribution in [0.1, 0.15) is 22.7 Å². The van der Waals surface area contributed by atoms with Crippen molar-refractivity contribution in [1.82, 2.24) is 5.32 Å². The Morgan fingerprint density at radius 1 is 1.20 bits per heavy atom. The Morgan fingerprint density at radius 2 is 1.95 bits per heavy atom. The number of likely N-dealkylation sites (N-methyl/N-ethyl adjacent to an activating group) is 1. The monoisotopic (exact) mass is 419 g/mol. The van der Waals surface area contributed by atoms with E-state index in [4.69, 9.17) is 23.2 Å². The Balaban J connectivity index is 2.34. The maximum absolute atomic E-state index is 6.27. The molecule has 1 unspecified atom stereocenters. The quantitative estimate of drug-likeness (QED) is 0.653. The van der Waals surface area contributed by atoms with Crippen LogP contribution in [0.2, 0.25) is 10.0 Å². The molecule has 0 aliphatic heterocycles. The lowest BCUT2D eigenvalue weighted by atomic mass is 9.97. The van der Waals surface area contributed by atoms with Crippen molar-refractivity contribution in [2.45, 2.75) is 19.4 Å². The molecule has 1 N–H and O–H groups in total. The van der Waals surface area contributed by atoms with Crippen LogP contribution in [0.4, 0.5) is 0 Å². The minimum atomic E-state index is 0.220. The molecule has 1 nitrogen and oxygen atoms in total. The van der Waals surface area contributed by atoms with Crippen molar-refractivity contribution in [2.75, 3.05) is 7.05 Å². The minimum Gasteiger partial charge on any atom is -0.313 e. The summed E-state index contributed by atoms with van der Waals surface area (Å²) >= 11 is 14.7. The lowest BCUT2D eigenvalue weighted by Crippen LogP contribution is -2.20. The van der Waals surface area contributed by atoms with Gasteiger partial charge in [0.05, 0.1) is 0 Å². The highest BCUT2D eigenvalue weighted by atomic mass is 127. The largest absolute Gasteiger partial charge is 0.313 e. The third-order valence-corrected chi connectivity index (χ3v) is 5.45. The van der Waals surface area contributed by atoms with Gasteiger partial charge in [0.1, 0.15) is 0 Å². The van der Waals surface area contributed by atoms with E-state index in [0.29, 0.717) is 0 Å². The molecular formula is C16H16Cl2IN. The maximum atomic E-state index is 6.27. The normalized spacial score (nSPS) is 12.4. The summed E-state index contributed by atoms with van der Waals surface area (Å²) in [5.74, 6) is 0. The van der Waals surface area contributed by atoms with E-state index in [1.165, 1.54) is 14.7 Å². The zero-order chi connectivity index (χ0) is 14.7. The zero-order valence-corrected chi connectivity index (χ0v) is 15.1. The van der Waals surface area contributed by atoms with Gasteiger partial charge in [0.25, 0.3) is 0 Å². The summed E-state index contributed by atoms with van der Waals surface area (Å²) in [6, 6.07) is 12.2. The highest BCUT2D eigenvalue weighted by molar-refractivity contribution is 14.1. The van der Waals surface area contributed by atoms with Crippen LogP contribution in [0.15, 0.2) is 36.4 Å². The Morgan fingerprint density at radius 3 is 2.65 bits per heavy atom. The molecule has 0 saturated heterocycles. The van der Waals surface area contributed by atoms with Gasteiger partial charge < -0.3 is 5.32 Å². The van der Waals surface area contributed by atoms with E-state index in [1.807, 2.05) is 25.2 Å². The number of aryl methyl sites for hydroxylation is 1. The summed E-state index contributed by atoms with van der Waals surface area (Å²) in [7, 11) is 1.97. The van der Waals surface area contributed by atoms with Gasteiger partial charge in [0.2, 0.25) is 0 Å². The lowest BCUT2D eigenvalue weighted by molar-refractivity contribution is 0.589. The van der Waals surface area contributed by atoms with Gasteiger partial charge >= 0.3 is 0 Å². The van der Waals surface area contributed by atoms with Crippen LogP contribution in [0.25, 0.3) is 0 Å². The van der Waals surface area contributed by atoms with Crippen LogP contribution in [0.5, 0.6) is 0 Å². The van der Waals surface area contributed by atoms with Gasteiger partial charge in [-0.2, -0.15) is 0 Å². The molecule has 0 amide bonds. The van der Waals surface area contributed by atoms with Gasteiger partial charge in [0, 0.05) is 19.7 Å². The van der Waals surface area contributed by atoms with Crippen molar-refractivity contribution in [1.29, 1.82) is 0 Å². The number of benzene rings is 2. The molecule has 0 bridgehead atoms. The van der Waals surface area contributed by atoms with E-state index < -0.39 is 0 Å².